The summed E-state index contributed by atoms with van der Waals surface area (Å²) in [6, 6.07) is 101. The summed E-state index contributed by atoms with van der Waals surface area (Å²) in [4.78, 5) is 2.34. The molecule has 3 nitrogen and oxygen atoms in total. The third kappa shape index (κ3) is 7.46. The standard InChI is InChI=1S/C70H46N2O/c1-3-13-47(14-4-1)52-31-38-58(39-32-52)71(67-46-57-17-7-8-18-61(57)69-63-20-10-12-22-68(63)73-70(67)69)59-40-33-54(34-41-59)51-25-23-49(24-26-51)50-27-29-55(30-28-50)56-37-44-66-64(45-56)62-19-9-11-21-65(62)72(66)60-42-35-53(36-43-60)48-15-5-2-6-16-48/h1-46H. The zero-order valence-corrected chi connectivity index (χ0v) is 39.9. The zero-order chi connectivity index (χ0) is 48.2. The first kappa shape index (κ1) is 42.2. The summed E-state index contributed by atoms with van der Waals surface area (Å²) in [5.41, 5.74) is 20.3. The lowest BCUT2D eigenvalue weighted by Crippen LogP contribution is -2.10. The van der Waals surface area contributed by atoms with Crippen LogP contribution in [0, 0.1) is 0 Å². The van der Waals surface area contributed by atoms with Crippen molar-refractivity contribution in [3.8, 4) is 61.3 Å². The predicted octanol–water partition coefficient (Wildman–Crippen LogP) is 19.6. The molecule has 0 unspecified atom stereocenters. The summed E-state index contributed by atoms with van der Waals surface area (Å²) in [6.07, 6.45) is 0. The minimum Gasteiger partial charge on any atom is -0.454 e. The summed E-state index contributed by atoms with van der Waals surface area (Å²) < 4.78 is 9.18. The van der Waals surface area contributed by atoms with Crippen LogP contribution in [0.3, 0.4) is 0 Å². The summed E-state index contributed by atoms with van der Waals surface area (Å²) in [5.74, 6) is 0. The molecule has 342 valence electrons. The molecule has 0 fully saturated rings. The van der Waals surface area contributed by atoms with Crippen LogP contribution in [0.25, 0.3) is 116 Å². The van der Waals surface area contributed by atoms with E-state index in [9.17, 15) is 0 Å². The molecule has 0 aliphatic rings. The van der Waals surface area contributed by atoms with Crippen LogP contribution in [0.15, 0.2) is 283 Å². The van der Waals surface area contributed by atoms with E-state index in [1.165, 1.54) is 71.7 Å². The zero-order valence-electron chi connectivity index (χ0n) is 39.9. The molecule has 0 bridgehead atoms. The lowest BCUT2D eigenvalue weighted by molar-refractivity contribution is 0.669. The second-order valence-corrected chi connectivity index (χ2v) is 18.9. The van der Waals surface area contributed by atoms with Gasteiger partial charge >= 0.3 is 0 Å². The van der Waals surface area contributed by atoms with Gasteiger partial charge in [-0.1, -0.05) is 212 Å². The molecule has 0 radical (unpaired) electrons. The number of benzene rings is 12. The Balaban J connectivity index is 0.761. The highest BCUT2D eigenvalue weighted by atomic mass is 16.3. The summed E-state index contributed by atoms with van der Waals surface area (Å²) in [5, 5.41) is 7.08. The Kier molecular flexibility index (Phi) is 10.2. The van der Waals surface area contributed by atoms with Crippen LogP contribution in [-0.2, 0) is 0 Å². The Morgan fingerprint density at radius 2 is 0.699 bits per heavy atom. The Morgan fingerprint density at radius 3 is 1.27 bits per heavy atom. The average Bonchev–Trinajstić information content (AvgIpc) is 4.03. The van der Waals surface area contributed by atoms with Gasteiger partial charge in [0, 0.05) is 38.6 Å². The number of furan rings is 1. The molecule has 0 atom stereocenters. The van der Waals surface area contributed by atoms with Gasteiger partial charge in [-0.2, -0.15) is 0 Å². The lowest BCUT2D eigenvalue weighted by Gasteiger charge is -2.26. The topological polar surface area (TPSA) is 21.3 Å². The van der Waals surface area contributed by atoms with Crippen molar-refractivity contribution in [3.63, 3.8) is 0 Å². The van der Waals surface area contributed by atoms with Crippen molar-refractivity contribution in [3.05, 3.63) is 279 Å². The molecule has 3 heteroatoms. The highest BCUT2D eigenvalue weighted by Gasteiger charge is 2.22. The fraction of sp³-hybridized carbons (Fsp3) is 0. The van der Waals surface area contributed by atoms with Gasteiger partial charge in [0.1, 0.15) is 5.58 Å². The average molecular weight is 931 g/mol. The van der Waals surface area contributed by atoms with E-state index in [2.05, 4.69) is 282 Å². The van der Waals surface area contributed by atoms with Gasteiger partial charge in [-0.15, -0.1) is 0 Å². The molecule has 0 saturated carbocycles. The number of nitrogens with zero attached hydrogens (tertiary/aromatic N) is 2. The van der Waals surface area contributed by atoms with Crippen molar-refractivity contribution in [2.45, 2.75) is 0 Å². The highest BCUT2D eigenvalue weighted by molar-refractivity contribution is 6.23. The van der Waals surface area contributed by atoms with E-state index in [1.807, 2.05) is 6.07 Å². The molecule has 0 amide bonds. The van der Waals surface area contributed by atoms with E-state index >= 15 is 0 Å². The fourth-order valence-electron chi connectivity index (χ4n) is 11.0. The van der Waals surface area contributed by atoms with Gasteiger partial charge in [-0.05, 0) is 133 Å². The number of fused-ring (bicyclic) bond motifs is 8. The number of para-hydroxylation sites is 2. The Hall–Kier alpha value is -9.70. The van der Waals surface area contributed by atoms with Crippen LogP contribution >= 0.6 is 0 Å². The van der Waals surface area contributed by atoms with Gasteiger partial charge in [0.05, 0.1) is 16.7 Å². The number of rotatable bonds is 9. The molecular weight excluding hydrogens is 885 g/mol. The van der Waals surface area contributed by atoms with Crippen molar-refractivity contribution in [2.24, 2.45) is 0 Å². The smallest absolute Gasteiger partial charge is 0.160 e. The van der Waals surface area contributed by atoms with E-state index in [4.69, 9.17) is 4.42 Å². The van der Waals surface area contributed by atoms with Crippen LogP contribution < -0.4 is 4.90 Å². The largest absolute Gasteiger partial charge is 0.454 e. The monoisotopic (exact) mass is 930 g/mol. The van der Waals surface area contributed by atoms with Crippen molar-refractivity contribution in [1.29, 1.82) is 0 Å². The maximum absolute atomic E-state index is 6.79. The van der Waals surface area contributed by atoms with Crippen LogP contribution in [0.1, 0.15) is 0 Å². The Bertz CT molecular complexity index is 4310. The molecule has 0 spiro atoms. The number of aromatic nitrogens is 1. The molecule has 14 aromatic rings. The van der Waals surface area contributed by atoms with Gasteiger partial charge in [0.15, 0.2) is 5.58 Å². The van der Waals surface area contributed by atoms with Crippen molar-refractivity contribution >= 4 is 71.6 Å². The van der Waals surface area contributed by atoms with E-state index in [-0.39, 0.29) is 0 Å². The predicted molar refractivity (Wildman–Crippen MR) is 307 cm³/mol. The van der Waals surface area contributed by atoms with E-state index in [0.29, 0.717) is 0 Å². The Morgan fingerprint density at radius 1 is 0.288 bits per heavy atom. The number of anilines is 3. The van der Waals surface area contributed by atoms with Gasteiger partial charge in [0.25, 0.3) is 0 Å². The molecule has 0 aliphatic heterocycles. The van der Waals surface area contributed by atoms with Crippen molar-refractivity contribution in [2.75, 3.05) is 4.90 Å². The van der Waals surface area contributed by atoms with E-state index in [0.717, 1.165) is 61.2 Å². The second kappa shape index (κ2) is 17.6. The lowest BCUT2D eigenvalue weighted by atomic mass is 9.97. The van der Waals surface area contributed by atoms with Gasteiger partial charge in [-0.25, -0.2) is 0 Å². The van der Waals surface area contributed by atoms with Crippen molar-refractivity contribution < 1.29 is 4.42 Å². The second-order valence-electron chi connectivity index (χ2n) is 18.9. The Labute approximate surface area is 423 Å². The molecule has 2 aromatic heterocycles. The highest BCUT2D eigenvalue weighted by Crippen LogP contribution is 2.46. The maximum atomic E-state index is 6.79. The van der Waals surface area contributed by atoms with Crippen molar-refractivity contribution in [1.82, 2.24) is 4.57 Å². The quantitative estimate of drug-likeness (QED) is 0.144. The minimum atomic E-state index is 0.867. The minimum absolute atomic E-state index is 0.867. The third-order valence-electron chi connectivity index (χ3n) is 14.6. The summed E-state index contributed by atoms with van der Waals surface area (Å²) in [6.45, 7) is 0. The van der Waals surface area contributed by atoms with Gasteiger partial charge in [0.2, 0.25) is 0 Å². The van der Waals surface area contributed by atoms with Crippen LogP contribution in [0.5, 0.6) is 0 Å². The molecular formula is C70H46N2O. The molecule has 0 N–H and O–H groups in total. The molecule has 0 aliphatic carbocycles. The first-order chi connectivity index (χ1) is 36.2. The first-order valence-electron chi connectivity index (χ1n) is 25.0. The SMILES string of the molecule is c1ccc(-c2ccc(N(c3ccc(-c4ccc(-c5ccc(-c6ccc7c(c6)c6ccccc6n7-c6ccc(-c7ccccc7)cc6)cc5)cc4)cc3)c3cc4ccccc4c4c3oc3ccccc34)cc2)cc1. The van der Waals surface area contributed by atoms with Gasteiger partial charge in [-0.3, -0.25) is 0 Å². The molecule has 2 heterocycles. The van der Waals surface area contributed by atoms with Crippen LogP contribution in [0.4, 0.5) is 17.1 Å². The van der Waals surface area contributed by atoms with Gasteiger partial charge < -0.3 is 13.9 Å². The summed E-state index contributed by atoms with van der Waals surface area (Å²) >= 11 is 0. The number of hydrogen-bond donors (Lipinski definition) is 0. The fourth-order valence-corrected chi connectivity index (χ4v) is 11.0. The number of hydrogen-bond acceptors (Lipinski definition) is 2. The molecule has 73 heavy (non-hydrogen) atoms. The van der Waals surface area contributed by atoms with E-state index in [1.54, 1.807) is 0 Å². The van der Waals surface area contributed by atoms with E-state index < -0.39 is 0 Å². The normalized spacial score (nSPS) is 11.6. The van der Waals surface area contributed by atoms with Crippen LogP contribution in [-0.4, -0.2) is 4.57 Å². The van der Waals surface area contributed by atoms with Crippen LogP contribution in [0.2, 0.25) is 0 Å². The molecule has 14 rings (SSSR count). The molecule has 12 aromatic carbocycles. The third-order valence-corrected chi connectivity index (χ3v) is 14.6. The maximum Gasteiger partial charge on any atom is 0.160 e. The molecule has 0 saturated heterocycles. The first-order valence-corrected chi connectivity index (χ1v) is 25.0. The summed E-state index contributed by atoms with van der Waals surface area (Å²) in [7, 11) is 0.